The van der Waals surface area contributed by atoms with Gasteiger partial charge in [-0.05, 0) is 26.7 Å². The first-order valence-electron chi connectivity index (χ1n) is 4.09. The molecule has 0 fully saturated rings. The van der Waals surface area contributed by atoms with Crippen LogP contribution in [-0.4, -0.2) is 24.2 Å². The molecule has 0 spiro atoms. The summed E-state index contributed by atoms with van der Waals surface area (Å²) in [7, 11) is 0. The molecular formula is C8H17N3O. The molecule has 0 aliphatic carbocycles. The lowest BCUT2D eigenvalue weighted by Gasteiger charge is -2.07. The molecule has 0 aliphatic heterocycles. The third-order valence-corrected chi connectivity index (χ3v) is 1.60. The van der Waals surface area contributed by atoms with Crippen LogP contribution < -0.4 is 11.1 Å². The van der Waals surface area contributed by atoms with Gasteiger partial charge in [-0.2, -0.15) is 0 Å². The maximum absolute atomic E-state index is 10.7. The Hall–Kier alpha value is -0.900. The fraction of sp³-hybridized carbons (Fsp3) is 0.750. The van der Waals surface area contributed by atoms with Crippen molar-refractivity contribution in [1.29, 1.82) is 5.41 Å². The molecular weight excluding hydrogens is 154 g/mol. The van der Waals surface area contributed by atoms with Crippen LogP contribution in [0.15, 0.2) is 0 Å². The average molecular weight is 171 g/mol. The van der Waals surface area contributed by atoms with E-state index in [1.165, 1.54) is 6.92 Å². The maximum Gasteiger partial charge on any atom is 0.146 e. The van der Waals surface area contributed by atoms with Crippen molar-refractivity contribution in [3.05, 3.63) is 0 Å². The molecule has 12 heavy (non-hydrogen) atoms. The fourth-order valence-corrected chi connectivity index (χ4v) is 0.801. The standard InChI is InChI=1S/C8H17N3O/c1-6(12)8(10)4-3-5-11-7(2)9/h8H,3-5,10H2,1-2H3,(H2,9,11)/t8-/m1/s1. The van der Waals surface area contributed by atoms with E-state index in [1.807, 2.05) is 0 Å². The van der Waals surface area contributed by atoms with E-state index in [9.17, 15) is 4.79 Å². The minimum Gasteiger partial charge on any atom is -0.374 e. The topological polar surface area (TPSA) is 79.0 Å². The molecule has 1 atom stereocenters. The Morgan fingerprint density at radius 2 is 2.17 bits per heavy atom. The molecule has 0 aromatic heterocycles. The lowest BCUT2D eigenvalue weighted by Crippen LogP contribution is -2.30. The number of carbonyl (C=O) groups excluding carboxylic acids is 1. The second-order valence-electron chi connectivity index (χ2n) is 2.91. The zero-order chi connectivity index (χ0) is 9.56. The Morgan fingerprint density at radius 1 is 1.58 bits per heavy atom. The molecule has 0 bridgehead atoms. The Morgan fingerprint density at radius 3 is 2.58 bits per heavy atom. The summed E-state index contributed by atoms with van der Waals surface area (Å²) >= 11 is 0. The number of ketones is 1. The number of nitrogens with two attached hydrogens (primary N) is 1. The van der Waals surface area contributed by atoms with Crippen molar-refractivity contribution in [1.82, 2.24) is 5.32 Å². The molecule has 4 nitrogen and oxygen atoms in total. The number of hydrogen-bond acceptors (Lipinski definition) is 3. The van der Waals surface area contributed by atoms with Gasteiger partial charge in [-0.1, -0.05) is 0 Å². The third kappa shape index (κ3) is 5.85. The molecule has 0 radical (unpaired) electrons. The number of amidine groups is 1. The van der Waals surface area contributed by atoms with Gasteiger partial charge in [-0.25, -0.2) is 0 Å². The first kappa shape index (κ1) is 11.1. The van der Waals surface area contributed by atoms with Crippen LogP contribution in [0.5, 0.6) is 0 Å². The molecule has 0 aliphatic rings. The Bertz CT molecular complexity index is 168. The van der Waals surface area contributed by atoms with Gasteiger partial charge in [-0.15, -0.1) is 0 Å². The van der Waals surface area contributed by atoms with E-state index in [1.54, 1.807) is 6.92 Å². The van der Waals surface area contributed by atoms with Gasteiger partial charge in [-0.3, -0.25) is 10.2 Å². The molecule has 0 aromatic carbocycles. The molecule has 0 amide bonds. The first-order chi connectivity index (χ1) is 5.54. The van der Waals surface area contributed by atoms with Crippen LogP contribution in [0.2, 0.25) is 0 Å². The average Bonchev–Trinajstić information content (AvgIpc) is 1.97. The summed E-state index contributed by atoms with van der Waals surface area (Å²) < 4.78 is 0. The smallest absolute Gasteiger partial charge is 0.146 e. The molecule has 0 unspecified atom stereocenters. The van der Waals surface area contributed by atoms with Gasteiger partial charge < -0.3 is 11.1 Å². The number of hydrogen-bond donors (Lipinski definition) is 3. The van der Waals surface area contributed by atoms with Gasteiger partial charge in [0.15, 0.2) is 0 Å². The van der Waals surface area contributed by atoms with E-state index in [-0.39, 0.29) is 11.8 Å². The van der Waals surface area contributed by atoms with Crippen LogP contribution in [0, 0.1) is 5.41 Å². The molecule has 4 heteroatoms. The van der Waals surface area contributed by atoms with Crippen molar-refractivity contribution in [3.63, 3.8) is 0 Å². The van der Waals surface area contributed by atoms with E-state index in [0.29, 0.717) is 12.3 Å². The lowest BCUT2D eigenvalue weighted by atomic mass is 10.1. The van der Waals surface area contributed by atoms with Gasteiger partial charge >= 0.3 is 0 Å². The minimum atomic E-state index is -0.335. The highest BCUT2D eigenvalue weighted by atomic mass is 16.1. The van der Waals surface area contributed by atoms with Crippen LogP contribution in [0.4, 0.5) is 0 Å². The van der Waals surface area contributed by atoms with Gasteiger partial charge in [0.2, 0.25) is 0 Å². The molecule has 0 saturated carbocycles. The molecule has 0 rings (SSSR count). The van der Waals surface area contributed by atoms with E-state index >= 15 is 0 Å². The summed E-state index contributed by atoms with van der Waals surface area (Å²) in [4.78, 5) is 10.7. The number of Topliss-reactive ketones (excluding diaryl/α,β-unsaturated/α-hetero) is 1. The monoisotopic (exact) mass is 171 g/mol. The molecule has 70 valence electrons. The zero-order valence-corrected chi connectivity index (χ0v) is 7.68. The summed E-state index contributed by atoms with van der Waals surface area (Å²) in [6.45, 7) is 3.90. The second-order valence-corrected chi connectivity index (χ2v) is 2.91. The fourth-order valence-electron chi connectivity index (χ4n) is 0.801. The summed E-state index contributed by atoms with van der Waals surface area (Å²) in [5, 5.41) is 9.91. The highest BCUT2D eigenvalue weighted by molar-refractivity contribution is 5.81. The van der Waals surface area contributed by atoms with E-state index in [0.717, 1.165) is 13.0 Å². The van der Waals surface area contributed by atoms with E-state index in [2.05, 4.69) is 5.32 Å². The van der Waals surface area contributed by atoms with Crippen LogP contribution in [-0.2, 0) is 4.79 Å². The van der Waals surface area contributed by atoms with Gasteiger partial charge in [0, 0.05) is 6.54 Å². The number of carbonyl (C=O) groups is 1. The van der Waals surface area contributed by atoms with Crippen molar-refractivity contribution >= 4 is 11.6 Å². The van der Waals surface area contributed by atoms with Gasteiger partial charge in [0.25, 0.3) is 0 Å². The Balaban J connectivity index is 3.31. The van der Waals surface area contributed by atoms with Crippen molar-refractivity contribution in [2.45, 2.75) is 32.7 Å². The first-order valence-corrected chi connectivity index (χ1v) is 4.09. The van der Waals surface area contributed by atoms with Crippen LogP contribution in [0.1, 0.15) is 26.7 Å². The van der Waals surface area contributed by atoms with E-state index < -0.39 is 0 Å². The Kier molecular flexibility index (Phi) is 5.28. The lowest BCUT2D eigenvalue weighted by molar-refractivity contribution is -0.118. The molecule has 0 aromatic rings. The molecule has 0 saturated heterocycles. The highest BCUT2D eigenvalue weighted by Crippen LogP contribution is 1.93. The molecule has 0 heterocycles. The van der Waals surface area contributed by atoms with Crippen molar-refractivity contribution in [3.8, 4) is 0 Å². The largest absolute Gasteiger partial charge is 0.374 e. The summed E-state index contributed by atoms with van der Waals surface area (Å²) in [5.74, 6) is 0.480. The quantitative estimate of drug-likeness (QED) is 0.315. The minimum absolute atomic E-state index is 0.0292. The Labute approximate surface area is 73.0 Å². The van der Waals surface area contributed by atoms with Crippen molar-refractivity contribution in [2.24, 2.45) is 5.73 Å². The summed E-state index contributed by atoms with van der Waals surface area (Å²) in [6.07, 6.45) is 1.52. The highest BCUT2D eigenvalue weighted by Gasteiger charge is 2.06. The van der Waals surface area contributed by atoms with Gasteiger partial charge in [0.1, 0.15) is 5.78 Å². The van der Waals surface area contributed by atoms with Crippen LogP contribution in [0.25, 0.3) is 0 Å². The third-order valence-electron chi connectivity index (χ3n) is 1.60. The number of nitrogens with one attached hydrogen (secondary N) is 2. The van der Waals surface area contributed by atoms with E-state index in [4.69, 9.17) is 11.1 Å². The SMILES string of the molecule is CC(=N)NCCC[C@@H](N)C(C)=O. The summed E-state index contributed by atoms with van der Waals surface area (Å²) in [5.41, 5.74) is 5.50. The van der Waals surface area contributed by atoms with Crippen LogP contribution >= 0.6 is 0 Å². The molecule has 4 N–H and O–H groups in total. The predicted molar refractivity (Wildman–Crippen MR) is 49.3 cm³/mol. The van der Waals surface area contributed by atoms with Gasteiger partial charge in [0.05, 0.1) is 11.9 Å². The number of rotatable bonds is 5. The normalized spacial score (nSPS) is 12.2. The van der Waals surface area contributed by atoms with Crippen molar-refractivity contribution < 1.29 is 4.79 Å². The maximum atomic E-state index is 10.7. The summed E-state index contributed by atoms with van der Waals surface area (Å²) in [6, 6.07) is -0.335. The zero-order valence-electron chi connectivity index (χ0n) is 7.68. The van der Waals surface area contributed by atoms with Crippen molar-refractivity contribution in [2.75, 3.05) is 6.54 Å². The predicted octanol–water partition coefficient (Wildman–Crippen LogP) is 0.270. The van der Waals surface area contributed by atoms with Crippen LogP contribution in [0.3, 0.4) is 0 Å². The second kappa shape index (κ2) is 5.71.